The molecule has 2 aromatic rings. The van der Waals surface area contributed by atoms with E-state index in [1.54, 1.807) is 6.07 Å². The number of hydrogen-bond donors (Lipinski definition) is 1. The molecule has 0 bridgehead atoms. The maximum atomic E-state index is 8.91. The van der Waals surface area contributed by atoms with Gasteiger partial charge in [-0.25, -0.2) is 0 Å². The second kappa shape index (κ2) is 4.90. The van der Waals surface area contributed by atoms with Crippen molar-refractivity contribution in [3.63, 3.8) is 0 Å². The molecule has 0 aliphatic carbocycles. The van der Waals surface area contributed by atoms with Crippen LogP contribution in [0.2, 0.25) is 0 Å². The number of nitrogens with one attached hydrogen (secondary N) is 1. The zero-order chi connectivity index (χ0) is 11.4. The van der Waals surface area contributed by atoms with E-state index in [0.29, 0.717) is 11.4 Å². The number of halogens is 1. The minimum Gasteiger partial charge on any atom is -0.337 e. The standard InChI is InChI=1S/C11H7IN4/c12-9-3-1-2-4-10(9)15-11-8(7-13)5-6-14-16-11/h1-6H,(H,15,16). The number of aromatic nitrogens is 2. The molecule has 5 heteroatoms. The number of rotatable bonds is 2. The van der Waals surface area contributed by atoms with E-state index in [0.717, 1.165) is 9.26 Å². The third-order valence-corrected chi connectivity index (χ3v) is 2.91. The molecule has 1 heterocycles. The highest BCUT2D eigenvalue weighted by atomic mass is 127. The van der Waals surface area contributed by atoms with E-state index >= 15 is 0 Å². The van der Waals surface area contributed by atoms with Crippen molar-refractivity contribution in [1.29, 1.82) is 5.26 Å². The summed E-state index contributed by atoms with van der Waals surface area (Å²) in [7, 11) is 0. The number of benzene rings is 1. The summed E-state index contributed by atoms with van der Waals surface area (Å²) >= 11 is 2.22. The largest absolute Gasteiger partial charge is 0.337 e. The highest BCUT2D eigenvalue weighted by molar-refractivity contribution is 14.1. The first-order chi connectivity index (χ1) is 7.81. The molecule has 0 saturated heterocycles. The molecular formula is C11H7IN4. The molecule has 0 amide bonds. The molecule has 1 N–H and O–H groups in total. The Morgan fingerprint density at radius 1 is 1.25 bits per heavy atom. The summed E-state index contributed by atoms with van der Waals surface area (Å²) in [6, 6.07) is 11.5. The van der Waals surface area contributed by atoms with Crippen LogP contribution in [0.5, 0.6) is 0 Å². The Morgan fingerprint density at radius 2 is 2.06 bits per heavy atom. The van der Waals surface area contributed by atoms with Gasteiger partial charge in [0, 0.05) is 3.57 Å². The molecular weight excluding hydrogens is 315 g/mol. The predicted octanol–water partition coefficient (Wildman–Crippen LogP) is 2.70. The summed E-state index contributed by atoms with van der Waals surface area (Å²) in [5.41, 5.74) is 1.40. The van der Waals surface area contributed by atoms with Gasteiger partial charge in [-0.2, -0.15) is 10.4 Å². The zero-order valence-electron chi connectivity index (χ0n) is 8.18. The van der Waals surface area contributed by atoms with Crippen LogP contribution in [0.15, 0.2) is 36.5 Å². The Bertz CT molecular complexity index is 548. The molecule has 78 valence electrons. The lowest BCUT2D eigenvalue weighted by atomic mass is 10.3. The smallest absolute Gasteiger partial charge is 0.171 e. The molecule has 4 nitrogen and oxygen atoms in total. The Kier molecular flexibility index (Phi) is 3.31. The fourth-order valence-electron chi connectivity index (χ4n) is 1.20. The summed E-state index contributed by atoms with van der Waals surface area (Å²) in [5.74, 6) is 0.481. The van der Waals surface area contributed by atoms with Crippen molar-refractivity contribution >= 4 is 34.1 Å². The molecule has 0 aliphatic heterocycles. The average Bonchev–Trinajstić information content (AvgIpc) is 2.33. The van der Waals surface area contributed by atoms with Crippen molar-refractivity contribution in [1.82, 2.24) is 10.2 Å². The van der Waals surface area contributed by atoms with Crippen molar-refractivity contribution in [3.05, 3.63) is 45.7 Å². The quantitative estimate of drug-likeness (QED) is 0.864. The normalized spacial score (nSPS) is 9.50. The molecule has 0 aliphatic rings. The molecule has 16 heavy (non-hydrogen) atoms. The number of anilines is 2. The van der Waals surface area contributed by atoms with Crippen LogP contribution >= 0.6 is 22.6 Å². The summed E-state index contributed by atoms with van der Waals surface area (Å²) < 4.78 is 1.06. The van der Waals surface area contributed by atoms with Crippen LogP contribution in [-0.4, -0.2) is 10.2 Å². The summed E-state index contributed by atoms with van der Waals surface area (Å²) in [5, 5.41) is 19.6. The predicted molar refractivity (Wildman–Crippen MR) is 69.2 cm³/mol. The Balaban J connectivity index is 2.35. The minimum atomic E-state index is 0.481. The van der Waals surface area contributed by atoms with E-state index in [2.05, 4.69) is 44.2 Å². The first kappa shape index (κ1) is 10.8. The maximum Gasteiger partial charge on any atom is 0.171 e. The third-order valence-electron chi connectivity index (χ3n) is 1.97. The van der Waals surface area contributed by atoms with Crippen LogP contribution in [0.25, 0.3) is 0 Å². The van der Waals surface area contributed by atoms with Crippen molar-refractivity contribution in [3.8, 4) is 6.07 Å². The third kappa shape index (κ3) is 2.28. The van der Waals surface area contributed by atoms with E-state index in [1.807, 2.05) is 24.3 Å². The average molecular weight is 322 g/mol. The van der Waals surface area contributed by atoms with Gasteiger partial charge in [0.05, 0.1) is 17.4 Å². The number of nitrogens with zero attached hydrogens (tertiary/aromatic N) is 3. The van der Waals surface area contributed by atoms with Gasteiger partial charge in [0.25, 0.3) is 0 Å². The molecule has 0 atom stereocenters. The molecule has 1 aromatic carbocycles. The van der Waals surface area contributed by atoms with Crippen molar-refractivity contribution in [2.75, 3.05) is 5.32 Å². The summed E-state index contributed by atoms with van der Waals surface area (Å²) in [6.45, 7) is 0. The minimum absolute atomic E-state index is 0.481. The van der Waals surface area contributed by atoms with Crippen LogP contribution < -0.4 is 5.32 Å². The van der Waals surface area contributed by atoms with Gasteiger partial charge in [0.2, 0.25) is 0 Å². The molecule has 0 unspecified atom stereocenters. The second-order valence-electron chi connectivity index (χ2n) is 3.01. The highest BCUT2D eigenvalue weighted by Crippen LogP contribution is 2.22. The molecule has 1 aromatic heterocycles. The Morgan fingerprint density at radius 3 is 2.81 bits per heavy atom. The molecule has 0 spiro atoms. The Labute approximate surface area is 106 Å². The topological polar surface area (TPSA) is 61.6 Å². The summed E-state index contributed by atoms with van der Waals surface area (Å²) in [4.78, 5) is 0. The van der Waals surface area contributed by atoms with Crippen LogP contribution in [0.3, 0.4) is 0 Å². The van der Waals surface area contributed by atoms with Crippen LogP contribution in [0.1, 0.15) is 5.56 Å². The van der Waals surface area contributed by atoms with E-state index in [1.165, 1.54) is 6.20 Å². The summed E-state index contributed by atoms with van der Waals surface area (Å²) in [6.07, 6.45) is 1.50. The van der Waals surface area contributed by atoms with Crippen LogP contribution in [0.4, 0.5) is 11.5 Å². The lowest BCUT2D eigenvalue weighted by Gasteiger charge is -2.07. The molecule has 0 saturated carbocycles. The van der Waals surface area contributed by atoms with E-state index in [-0.39, 0.29) is 0 Å². The van der Waals surface area contributed by atoms with Crippen LogP contribution in [-0.2, 0) is 0 Å². The van der Waals surface area contributed by atoms with Crippen molar-refractivity contribution in [2.45, 2.75) is 0 Å². The fourth-order valence-corrected chi connectivity index (χ4v) is 1.73. The van der Waals surface area contributed by atoms with Gasteiger partial charge in [0.15, 0.2) is 5.82 Å². The number of para-hydroxylation sites is 1. The zero-order valence-corrected chi connectivity index (χ0v) is 10.3. The van der Waals surface area contributed by atoms with Gasteiger partial charge < -0.3 is 5.32 Å². The van der Waals surface area contributed by atoms with Gasteiger partial charge in [-0.1, -0.05) is 12.1 Å². The van der Waals surface area contributed by atoms with Gasteiger partial charge >= 0.3 is 0 Å². The Hall–Kier alpha value is -1.68. The van der Waals surface area contributed by atoms with Gasteiger partial charge in [-0.3, -0.25) is 0 Å². The van der Waals surface area contributed by atoms with Crippen LogP contribution in [0, 0.1) is 14.9 Å². The number of nitriles is 1. The SMILES string of the molecule is N#Cc1ccnnc1Nc1ccccc1I. The van der Waals surface area contributed by atoms with E-state index < -0.39 is 0 Å². The van der Waals surface area contributed by atoms with Crippen molar-refractivity contribution < 1.29 is 0 Å². The first-order valence-corrected chi connectivity index (χ1v) is 5.62. The monoisotopic (exact) mass is 322 g/mol. The highest BCUT2D eigenvalue weighted by Gasteiger charge is 2.05. The van der Waals surface area contributed by atoms with Gasteiger partial charge in [-0.05, 0) is 40.8 Å². The van der Waals surface area contributed by atoms with Crippen molar-refractivity contribution in [2.24, 2.45) is 0 Å². The molecule has 0 radical (unpaired) electrons. The number of hydrogen-bond acceptors (Lipinski definition) is 4. The molecule has 2 rings (SSSR count). The first-order valence-electron chi connectivity index (χ1n) is 4.54. The maximum absolute atomic E-state index is 8.91. The second-order valence-corrected chi connectivity index (χ2v) is 4.17. The van der Waals surface area contributed by atoms with Gasteiger partial charge in [0.1, 0.15) is 6.07 Å². The fraction of sp³-hybridized carbons (Fsp3) is 0. The lowest BCUT2D eigenvalue weighted by Crippen LogP contribution is -1.99. The molecule has 0 fully saturated rings. The van der Waals surface area contributed by atoms with Gasteiger partial charge in [-0.15, -0.1) is 5.10 Å². The lowest BCUT2D eigenvalue weighted by molar-refractivity contribution is 1.03. The van der Waals surface area contributed by atoms with E-state index in [9.17, 15) is 0 Å². The van der Waals surface area contributed by atoms with E-state index in [4.69, 9.17) is 5.26 Å².